The van der Waals surface area contributed by atoms with E-state index in [2.05, 4.69) is 24.5 Å². The Morgan fingerprint density at radius 3 is 1.74 bits per heavy atom. The van der Waals surface area contributed by atoms with Crippen molar-refractivity contribution in [2.45, 2.75) is 59.2 Å². The minimum Gasteiger partial charge on any atom is -0.510 e. The smallest absolute Gasteiger partial charge is 0.268 e. The van der Waals surface area contributed by atoms with Crippen molar-refractivity contribution in [3.05, 3.63) is 271 Å². The molecule has 0 spiro atoms. The van der Waals surface area contributed by atoms with Crippen LogP contribution in [0.5, 0.6) is 11.5 Å². The van der Waals surface area contributed by atoms with Crippen LogP contribution in [0.3, 0.4) is 0 Å². The van der Waals surface area contributed by atoms with E-state index in [1.165, 1.54) is 18.3 Å². The molecule has 10 aromatic carbocycles. The van der Waals surface area contributed by atoms with Gasteiger partial charge in [0.2, 0.25) is 0 Å². The molecule has 3 aromatic heterocycles. The molecule has 0 aliphatic rings. The molecule has 0 radical (unpaired) electrons. The molecule has 13 aromatic rings. The second-order valence-corrected chi connectivity index (χ2v) is 21.2. The molecule has 81 heavy (non-hydrogen) atoms. The number of nitrogens with zero attached hydrogens (tertiary/aromatic N) is 4. The minimum absolute atomic E-state index is 0. The third kappa shape index (κ3) is 10.1. The molecule has 6 heteroatoms. The van der Waals surface area contributed by atoms with Gasteiger partial charge in [-0.3, -0.25) is 4.57 Å². The van der Waals surface area contributed by atoms with Gasteiger partial charge in [-0.15, -0.1) is 29.7 Å². The summed E-state index contributed by atoms with van der Waals surface area (Å²) < 4.78 is 215. The van der Waals surface area contributed by atoms with Crippen LogP contribution >= 0.6 is 0 Å². The van der Waals surface area contributed by atoms with Gasteiger partial charge in [-0.1, -0.05) is 216 Å². The Morgan fingerprint density at radius 1 is 0.506 bits per heavy atom. The number of imidazole rings is 1. The maximum absolute atomic E-state index is 9.64. The first-order chi connectivity index (χ1) is 48.3. The first kappa shape index (κ1) is 32.4. The summed E-state index contributed by atoms with van der Waals surface area (Å²) in [6, 6.07) is 24.9. The van der Waals surface area contributed by atoms with Crippen molar-refractivity contribution in [2.24, 2.45) is 0 Å². The molecule has 3 heterocycles. The Labute approximate surface area is 522 Å². The van der Waals surface area contributed by atoms with Crippen LogP contribution in [0, 0.1) is 25.3 Å². The molecular formula is C75H60N4OPt-2. The summed E-state index contributed by atoms with van der Waals surface area (Å²) in [4.78, 5) is 4.69. The van der Waals surface area contributed by atoms with Crippen molar-refractivity contribution in [3.63, 3.8) is 0 Å². The van der Waals surface area contributed by atoms with Gasteiger partial charge in [0, 0.05) is 54.0 Å². The molecule has 0 saturated carbocycles. The quantitative estimate of drug-likeness (QED) is 0.101. The van der Waals surface area contributed by atoms with Crippen molar-refractivity contribution in [1.29, 1.82) is 0 Å². The monoisotopic (exact) mass is 1250 g/mol. The molecule has 0 saturated heterocycles. The standard InChI is InChI=1S/C75H60N4O.Pt/c1-50-39-72(76-48-67(50)54-29-18-11-19-30-54)79-68-34-21-20-33-63(68)64-37-36-62(47-70(64)79)80-61-32-22-31-60(46-61)77-49-78(69-38-35-55(44-71(69)77)51-23-12-8-13-24-51)73-65(53-27-16-10-17-28-53)42-56(52-25-14-9-15-26-52)43-66(73)57-40-58(74(2,3)4)45-59(41-57)75(5,6)7;/h8-45,48H,1-7H3;/q-2;/i1D3,8D,9D,10D,11D,12D,13D,14D,15D,16D,17D,18D,19D,23D,24D,25D,26D,27D,28D,29D,30D;. The van der Waals surface area contributed by atoms with E-state index in [0.29, 0.717) is 27.4 Å². The number of fused-ring (bicyclic) bond motifs is 4. The molecular weight excluding hydrogens is 1170 g/mol. The number of rotatable bonds is 10. The molecule has 0 bridgehead atoms. The van der Waals surface area contributed by atoms with Crippen LogP contribution in [-0.2, 0) is 31.9 Å². The van der Waals surface area contributed by atoms with Crippen LogP contribution in [-0.4, -0.2) is 14.1 Å². The zero-order chi connectivity index (χ0) is 74.6. The van der Waals surface area contributed by atoms with E-state index in [4.69, 9.17) is 35.8 Å². The van der Waals surface area contributed by atoms with E-state index >= 15 is 0 Å². The maximum atomic E-state index is 9.64. The maximum Gasteiger partial charge on any atom is 0.268 e. The molecule has 0 aliphatic carbocycles. The molecule has 5 nitrogen and oxygen atoms in total. The van der Waals surface area contributed by atoms with E-state index in [1.807, 2.05) is 65.8 Å². The van der Waals surface area contributed by atoms with Crippen LogP contribution < -0.4 is 9.30 Å². The Balaban J connectivity index is 0.0000102. The Morgan fingerprint density at radius 2 is 1.10 bits per heavy atom. The van der Waals surface area contributed by atoms with Gasteiger partial charge in [0.1, 0.15) is 5.82 Å². The van der Waals surface area contributed by atoms with E-state index in [0.717, 1.165) is 11.1 Å². The van der Waals surface area contributed by atoms with E-state index < -0.39 is 139 Å². The van der Waals surface area contributed by atoms with Crippen molar-refractivity contribution in [3.8, 4) is 84.3 Å². The van der Waals surface area contributed by atoms with Gasteiger partial charge >= 0.3 is 0 Å². The summed E-state index contributed by atoms with van der Waals surface area (Å²) in [6.07, 6.45) is 4.67. The molecule has 398 valence electrons. The van der Waals surface area contributed by atoms with Crippen molar-refractivity contribution in [2.75, 3.05) is 0 Å². The SMILES string of the molecule is [2H]c1c([2H])c([2H])c(-c2cc(-c3cc(C(C)(C)C)cc(C(C)(C)C)c3)c(-[n+]3[c-]n(-c4[c-]c(Oc5[c-]c6c(cc5)c5ccccc5n6-c5cc(C([2H])([2H])[2H])c(-c6c([2H])c([2H])c([2H])c([2H])c6[2H])cn5)ccc4)c4cc(-c5c([2H])c([2H])c([2H])c([2H])c5[2H])ccc43)c(-c3c([2H])c([2H])c([2H])c([2H])c3[2H])c2)c([2H])c1[2H].[Pt]. The summed E-state index contributed by atoms with van der Waals surface area (Å²) in [6.45, 7) is 9.31. The van der Waals surface area contributed by atoms with Gasteiger partial charge in [0.15, 0.2) is 0 Å². The number of pyridine rings is 1. The average Bonchev–Trinajstić information content (AvgIpc) is 1.44. The molecule has 0 N–H and O–H groups in total. The summed E-state index contributed by atoms with van der Waals surface area (Å²) in [7, 11) is 0. The second-order valence-electron chi connectivity index (χ2n) is 21.2. The van der Waals surface area contributed by atoms with Gasteiger partial charge in [-0.2, -0.15) is 18.2 Å². The zero-order valence-corrected chi connectivity index (χ0v) is 46.8. The molecule has 0 amide bonds. The predicted molar refractivity (Wildman–Crippen MR) is 329 cm³/mol. The fraction of sp³-hybridized carbons (Fsp3) is 0.120. The average molecular weight is 1250 g/mol. The van der Waals surface area contributed by atoms with Crippen molar-refractivity contribution >= 4 is 32.8 Å². The molecule has 0 atom stereocenters. The Bertz CT molecular complexity index is 5680. The van der Waals surface area contributed by atoms with Crippen LogP contribution in [0.4, 0.5) is 0 Å². The van der Waals surface area contributed by atoms with Crippen LogP contribution in [0.2, 0.25) is 0 Å². The summed E-state index contributed by atoms with van der Waals surface area (Å²) >= 11 is 0. The van der Waals surface area contributed by atoms with Gasteiger partial charge in [0.05, 0.1) is 44.1 Å². The second kappa shape index (κ2) is 21.3. The molecule has 0 fully saturated rings. The fourth-order valence-electron chi connectivity index (χ4n) is 9.93. The van der Waals surface area contributed by atoms with Crippen molar-refractivity contribution in [1.82, 2.24) is 14.1 Å². The Hall–Kier alpha value is -8.89. The molecule has 0 unspecified atom stereocenters. The van der Waals surface area contributed by atoms with E-state index in [9.17, 15) is 5.48 Å². The summed E-state index contributed by atoms with van der Waals surface area (Å²) in [5.41, 5.74) is 1.76. The normalized spacial score (nSPS) is 16.0. The van der Waals surface area contributed by atoms with Gasteiger partial charge in [-0.25, -0.2) is 4.98 Å². The first-order valence-electron chi connectivity index (χ1n) is 37.1. The van der Waals surface area contributed by atoms with Crippen LogP contribution in [0.15, 0.2) is 236 Å². The largest absolute Gasteiger partial charge is 0.510 e. The zero-order valence-electron chi connectivity index (χ0n) is 67.5. The first-order valence-corrected chi connectivity index (χ1v) is 25.6. The van der Waals surface area contributed by atoms with Gasteiger partial charge in [-0.05, 0) is 126 Å². The van der Waals surface area contributed by atoms with E-state index in [-0.39, 0.29) is 116 Å². The third-order valence-electron chi connectivity index (χ3n) is 14.0. The van der Waals surface area contributed by atoms with Gasteiger partial charge in [0.25, 0.3) is 6.33 Å². The molecule has 0 aliphatic heterocycles. The fourth-order valence-corrected chi connectivity index (χ4v) is 9.93. The number of para-hydroxylation sites is 1. The van der Waals surface area contributed by atoms with Gasteiger partial charge < -0.3 is 13.9 Å². The topological polar surface area (TPSA) is 35.9 Å². The number of hydrogen-bond donors (Lipinski definition) is 0. The minimum atomic E-state index is -2.89. The predicted octanol–water partition coefficient (Wildman–Crippen LogP) is 18.8. The number of aromatic nitrogens is 4. The Kier molecular flexibility index (Phi) is 8.51. The third-order valence-corrected chi connectivity index (χ3v) is 14.0. The number of benzene rings is 10. The van der Waals surface area contributed by atoms with Crippen LogP contribution in [0.1, 0.15) is 89.8 Å². The number of aryl methyl sites for hydroxylation is 1. The van der Waals surface area contributed by atoms with E-state index in [1.54, 1.807) is 80.4 Å². The number of hydrogen-bond acceptors (Lipinski definition) is 2. The summed E-state index contributed by atoms with van der Waals surface area (Å²) in [5.74, 6) is 0.290. The molecule has 13 rings (SSSR count). The van der Waals surface area contributed by atoms with Crippen molar-refractivity contribution < 1.29 is 61.9 Å². The van der Waals surface area contributed by atoms with Crippen LogP contribution in [0.25, 0.3) is 106 Å². The number of ether oxygens (including phenoxy) is 1. The summed E-state index contributed by atoms with van der Waals surface area (Å²) in [5, 5.41) is 1.36.